The lowest BCUT2D eigenvalue weighted by molar-refractivity contribution is 0.101. The summed E-state index contributed by atoms with van der Waals surface area (Å²) in [4.78, 5) is 25.4. The van der Waals surface area contributed by atoms with E-state index in [0.29, 0.717) is 11.4 Å². The molecule has 0 saturated heterocycles. The van der Waals surface area contributed by atoms with Gasteiger partial charge in [-0.1, -0.05) is 45.9 Å². The van der Waals surface area contributed by atoms with Crippen LogP contribution in [-0.2, 0) is 0 Å². The average molecular weight is 379 g/mol. The number of aromatic amines is 1. The van der Waals surface area contributed by atoms with E-state index in [4.69, 9.17) is 0 Å². The molecule has 0 aliphatic heterocycles. The Balaban J connectivity index is 2.03. The van der Waals surface area contributed by atoms with E-state index in [-0.39, 0.29) is 17.5 Å². The van der Waals surface area contributed by atoms with Crippen LogP contribution >= 0.6 is 0 Å². The number of nitrogens with zero attached hydrogens (tertiary/aromatic N) is 3. The van der Waals surface area contributed by atoms with E-state index in [0.717, 1.165) is 17.1 Å². The predicted molar refractivity (Wildman–Crippen MR) is 109 cm³/mol. The number of anilines is 1. The molecule has 0 fully saturated rings. The third-order valence-electron chi connectivity index (χ3n) is 4.51. The minimum Gasteiger partial charge on any atom is -0.317 e. The molecule has 0 radical (unpaired) electrons. The van der Waals surface area contributed by atoms with Gasteiger partial charge in [-0.15, -0.1) is 0 Å². The molecule has 146 valence electrons. The third kappa shape index (κ3) is 3.74. The van der Waals surface area contributed by atoms with Crippen molar-refractivity contribution in [3.05, 3.63) is 69.4 Å². The molecule has 0 aliphatic rings. The lowest BCUT2D eigenvalue weighted by atomic mass is 10.0. The van der Waals surface area contributed by atoms with E-state index >= 15 is 0 Å². The molecule has 0 spiro atoms. The second kappa shape index (κ2) is 7.80. The van der Waals surface area contributed by atoms with Gasteiger partial charge in [-0.2, -0.15) is 10.2 Å². The number of aryl methyl sites for hydroxylation is 1. The fourth-order valence-electron chi connectivity index (χ4n) is 3.05. The zero-order valence-electron chi connectivity index (χ0n) is 16.8. The maximum Gasteiger partial charge on any atom is 0.280 e. The monoisotopic (exact) mass is 379 g/mol. The van der Waals surface area contributed by atoms with Gasteiger partial charge in [0.2, 0.25) is 5.43 Å². The van der Waals surface area contributed by atoms with Gasteiger partial charge in [0.05, 0.1) is 22.8 Å². The van der Waals surface area contributed by atoms with Crippen molar-refractivity contribution < 1.29 is 4.79 Å². The van der Waals surface area contributed by atoms with Gasteiger partial charge in [0.1, 0.15) is 0 Å². The third-order valence-corrected chi connectivity index (χ3v) is 4.51. The quantitative estimate of drug-likeness (QED) is 0.706. The molecule has 2 heterocycles. The summed E-state index contributed by atoms with van der Waals surface area (Å²) in [6, 6.07) is 10.8. The lowest BCUT2D eigenvalue weighted by Crippen LogP contribution is -2.27. The minimum atomic E-state index is -0.542. The Bertz CT molecular complexity index is 1020. The molecule has 0 atom stereocenters. The maximum absolute atomic E-state index is 12.9. The van der Waals surface area contributed by atoms with Crippen molar-refractivity contribution in [2.75, 3.05) is 5.32 Å². The number of benzene rings is 1. The van der Waals surface area contributed by atoms with Crippen LogP contribution in [0.25, 0.3) is 5.69 Å². The molecule has 2 aromatic heterocycles. The number of hydrogen-bond acceptors (Lipinski definition) is 4. The highest BCUT2D eigenvalue weighted by Crippen LogP contribution is 2.30. The first-order valence-corrected chi connectivity index (χ1v) is 9.35. The van der Waals surface area contributed by atoms with Crippen molar-refractivity contribution in [2.45, 2.75) is 46.5 Å². The topological polar surface area (TPSA) is 92.7 Å². The predicted octanol–water partition coefficient (Wildman–Crippen LogP) is 3.76. The molecule has 3 rings (SSSR count). The maximum atomic E-state index is 12.9. The molecule has 0 bridgehead atoms. The van der Waals surface area contributed by atoms with Crippen LogP contribution in [0, 0.1) is 6.92 Å². The normalized spacial score (nSPS) is 11.2. The smallest absolute Gasteiger partial charge is 0.280 e. The number of nitrogens with one attached hydrogen (secondary N) is 2. The molecular formula is C21H25N5O2. The number of hydrogen-bond donors (Lipinski definition) is 2. The molecule has 2 N–H and O–H groups in total. The van der Waals surface area contributed by atoms with Crippen LogP contribution in [0.3, 0.4) is 0 Å². The van der Waals surface area contributed by atoms with Crippen molar-refractivity contribution in [1.82, 2.24) is 20.0 Å². The van der Waals surface area contributed by atoms with Gasteiger partial charge < -0.3 is 5.32 Å². The molecule has 28 heavy (non-hydrogen) atoms. The molecule has 0 aliphatic carbocycles. The van der Waals surface area contributed by atoms with Gasteiger partial charge in [-0.05, 0) is 30.9 Å². The number of H-pyrrole nitrogens is 1. The molecule has 1 aromatic carbocycles. The fourth-order valence-corrected chi connectivity index (χ4v) is 3.05. The van der Waals surface area contributed by atoms with Gasteiger partial charge >= 0.3 is 0 Å². The summed E-state index contributed by atoms with van der Waals surface area (Å²) >= 11 is 0. The van der Waals surface area contributed by atoms with Gasteiger partial charge in [-0.3, -0.25) is 14.7 Å². The van der Waals surface area contributed by atoms with Gasteiger partial charge in [0.15, 0.2) is 5.69 Å². The van der Waals surface area contributed by atoms with Crippen LogP contribution in [0.1, 0.15) is 67.1 Å². The number of carbonyl (C=O) groups is 1. The summed E-state index contributed by atoms with van der Waals surface area (Å²) < 4.78 is 1.60. The summed E-state index contributed by atoms with van der Waals surface area (Å²) in [5, 5.41) is 14.5. The zero-order chi connectivity index (χ0) is 20.4. The molecule has 1 amide bonds. The lowest BCUT2D eigenvalue weighted by Gasteiger charge is -2.13. The SMILES string of the molecule is Cc1cc(=O)c(C(=O)Nc2c(C(C)C)n[nH]c2C(C)C)nn1-c1ccccc1. The Hall–Kier alpha value is -3.22. The summed E-state index contributed by atoms with van der Waals surface area (Å²) in [6.07, 6.45) is 0. The molecule has 7 heteroatoms. The van der Waals surface area contributed by atoms with Crippen LogP contribution < -0.4 is 10.7 Å². The van der Waals surface area contributed by atoms with E-state index in [2.05, 4.69) is 20.6 Å². The standard InChI is InChI=1S/C21H25N5O2/c1-12(2)17-20(18(13(3)4)24-23-17)22-21(28)19-16(27)11-14(5)26(25-19)15-9-7-6-8-10-15/h6-13H,1-5H3,(H,22,28)(H,23,24). The number of aromatic nitrogens is 4. The number of carbonyl (C=O) groups excluding carboxylic acids is 1. The first-order chi connectivity index (χ1) is 13.3. The van der Waals surface area contributed by atoms with Crippen molar-refractivity contribution >= 4 is 11.6 Å². The van der Waals surface area contributed by atoms with Crippen LogP contribution in [-0.4, -0.2) is 25.9 Å². The Morgan fingerprint density at radius 1 is 1.11 bits per heavy atom. The average Bonchev–Trinajstić information content (AvgIpc) is 3.06. The van der Waals surface area contributed by atoms with Crippen LogP contribution in [0.5, 0.6) is 0 Å². The minimum absolute atomic E-state index is 0.117. The number of para-hydroxylation sites is 1. The summed E-state index contributed by atoms with van der Waals surface area (Å²) in [5.41, 5.74) is 3.08. The first-order valence-electron chi connectivity index (χ1n) is 9.35. The van der Waals surface area contributed by atoms with Gasteiger partial charge in [-0.25, -0.2) is 4.68 Å². The first kappa shape index (κ1) is 19.5. The van der Waals surface area contributed by atoms with E-state index in [1.165, 1.54) is 6.07 Å². The molecule has 3 aromatic rings. The van der Waals surface area contributed by atoms with E-state index in [1.807, 2.05) is 58.0 Å². The second-order valence-electron chi connectivity index (χ2n) is 7.41. The molecule has 0 saturated carbocycles. The summed E-state index contributed by atoms with van der Waals surface area (Å²) in [6.45, 7) is 9.82. The van der Waals surface area contributed by atoms with Crippen molar-refractivity contribution in [2.24, 2.45) is 0 Å². The van der Waals surface area contributed by atoms with Crippen LogP contribution in [0.2, 0.25) is 0 Å². The van der Waals surface area contributed by atoms with Crippen molar-refractivity contribution in [3.63, 3.8) is 0 Å². The van der Waals surface area contributed by atoms with E-state index in [9.17, 15) is 9.59 Å². The second-order valence-corrected chi connectivity index (χ2v) is 7.41. The van der Waals surface area contributed by atoms with Gasteiger partial charge in [0, 0.05) is 11.8 Å². The highest BCUT2D eigenvalue weighted by molar-refractivity contribution is 6.03. The van der Waals surface area contributed by atoms with E-state index < -0.39 is 11.3 Å². The van der Waals surface area contributed by atoms with E-state index in [1.54, 1.807) is 11.6 Å². The number of amides is 1. The molecule has 7 nitrogen and oxygen atoms in total. The fraction of sp³-hybridized carbons (Fsp3) is 0.333. The Labute approximate surface area is 163 Å². The zero-order valence-corrected chi connectivity index (χ0v) is 16.8. The number of rotatable bonds is 5. The van der Waals surface area contributed by atoms with Crippen molar-refractivity contribution in [1.29, 1.82) is 0 Å². The summed E-state index contributed by atoms with van der Waals surface area (Å²) in [7, 11) is 0. The highest BCUT2D eigenvalue weighted by Gasteiger charge is 2.23. The summed E-state index contributed by atoms with van der Waals surface area (Å²) in [5.74, 6) is -0.284. The Morgan fingerprint density at radius 2 is 1.79 bits per heavy atom. The highest BCUT2D eigenvalue weighted by atomic mass is 16.2. The van der Waals surface area contributed by atoms with Crippen LogP contribution in [0.4, 0.5) is 5.69 Å². The molecular weight excluding hydrogens is 354 g/mol. The van der Waals surface area contributed by atoms with Crippen LogP contribution in [0.15, 0.2) is 41.2 Å². The Kier molecular flexibility index (Phi) is 5.44. The largest absolute Gasteiger partial charge is 0.317 e. The van der Waals surface area contributed by atoms with Crippen molar-refractivity contribution in [3.8, 4) is 5.69 Å². The Morgan fingerprint density at radius 3 is 2.39 bits per heavy atom. The molecule has 0 unspecified atom stereocenters. The van der Waals surface area contributed by atoms with Gasteiger partial charge in [0.25, 0.3) is 5.91 Å².